The predicted molar refractivity (Wildman–Crippen MR) is 124 cm³/mol. The van der Waals surface area contributed by atoms with Gasteiger partial charge in [0.25, 0.3) is 0 Å². The smallest absolute Gasteiger partial charge is 0.145 e. The number of hydrogen-bond donors (Lipinski definition) is 1. The molecule has 0 saturated heterocycles. The summed E-state index contributed by atoms with van der Waals surface area (Å²) in [6.07, 6.45) is 13.4. The topological polar surface area (TPSA) is 90.4 Å². The van der Waals surface area contributed by atoms with Crippen molar-refractivity contribution in [1.82, 2.24) is 24.3 Å². The average molecular weight is 441 g/mol. The third kappa shape index (κ3) is 5.22. The molecule has 1 fully saturated rings. The molecule has 3 aromatic heterocycles. The van der Waals surface area contributed by atoms with Gasteiger partial charge in [0, 0.05) is 44.2 Å². The van der Waals surface area contributed by atoms with Crippen LogP contribution in [0, 0.1) is 5.92 Å². The maximum Gasteiger partial charge on any atom is 0.145 e. The van der Waals surface area contributed by atoms with Gasteiger partial charge >= 0.3 is 0 Å². The van der Waals surface area contributed by atoms with Crippen LogP contribution in [-0.4, -0.2) is 50.4 Å². The fraction of sp³-hybridized carbons (Fsp3) is 0.545. The Hall–Kier alpha value is -2.52. The van der Waals surface area contributed by atoms with Gasteiger partial charge in [-0.3, -0.25) is 4.68 Å². The highest BCUT2D eigenvalue weighted by molar-refractivity contribution is 6.76. The maximum atomic E-state index is 8.74. The minimum absolute atomic E-state index is 0.366. The maximum absolute atomic E-state index is 8.74. The average Bonchev–Trinajstić information content (AvgIpc) is 3.39. The van der Waals surface area contributed by atoms with Crippen LogP contribution in [0.2, 0.25) is 25.7 Å². The van der Waals surface area contributed by atoms with E-state index in [-0.39, 0.29) is 0 Å². The molecule has 0 amide bonds. The summed E-state index contributed by atoms with van der Waals surface area (Å²) in [6, 6.07) is 3.59. The summed E-state index contributed by atoms with van der Waals surface area (Å²) in [7, 11) is -1.09. The van der Waals surface area contributed by atoms with Crippen molar-refractivity contribution in [3.63, 3.8) is 0 Å². The van der Waals surface area contributed by atoms with Crippen LogP contribution in [0.1, 0.15) is 31.7 Å². The molecular weight excluding hydrogens is 408 g/mol. The molecule has 0 bridgehead atoms. The molecule has 3 heterocycles. The first-order valence-corrected chi connectivity index (χ1v) is 14.7. The second-order valence-electron chi connectivity index (χ2n) is 9.64. The van der Waals surface area contributed by atoms with Crippen molar-refractivity contribution in [2.24, 2.45) is 11.1 Å². The van der Waals surface area contributed by atoms with E-state index < -0.39 is 8.07 Å². The Kier molecular flexibility index (Phi) is 6.52. The Morgan fingerprint density at radius 1 is 1.23 bits per heavy atom. The molecule has 1 saturated carbocycles. The lowest BCUT2D eigenvalue weighted by Crippen LogP contribution is -2.22. The monoisotopic (exact) mass is 440 g/mol. The predicted octanol–water partition coefficient (Wildman–Crippen LogP) is 4.80. The number of oxime groups is 1. The van der Waals surface area contributed by atoms with Crippen LogP contribution in [0.3, 0.4) is 0 Å². The molecule has 1 aliphatic carbocycles. The van der Waals surface area contributed by atoms with Gasteiger partial charge < -0.3 is 14.5 Å². The van der Waals surface area contributed by atoms with Gasteiger partial charge in [0.05, 0.1) is 17.9 Å². The second-order valence-corrected chi connectivity index (χ2v) is 15.3. The molecule has 8 nitrogen and oxygen atoms in total. The summed E-state index contributed by atoms with van der Waals surface area (Å²) < 4.78 is 10.0. The quantitative estimate of drug-likeness (QED) is 0.179. The first-order valence-electron chi connectivity index (χ1n) is 11.0. The van der Waals surface area contributed by atoms with Crippen molar-refractivity contribution in [3.8, 4) is 11.3 Å². The van der Waals surface area contributed by atoms with Crippen molar-refractivity contribution in [2.75, 3.05) is 6.61 Å². The number of fused-ring (bicyclic) bond motifs is 1. The van der Waals surface area contributed by atoms with Gasteiger partial charge in [-0.2, -0.15) is 5.10 Å². The highest BCUT2D eigenvalue weighted by Gasteiger charge is 2.23. The lowest BCUT2D eigenvalue weighted by Gasteiger charge is -2.26. The number of aromatic nitrogens is 5. The lowest BCUT2D eigenvalue weighted by atomic mass is 9.87. The highest BCUT2D eigenvalue weighted by Crippen LogP contribution is 2.33. The van der Waals surface area contributed by atoms with Crippen molar-refractivity contribution in [2.45, 2.75) is 64.1 Å². The zero-order valence-electron chi connectivity index (χ0n) is 18.6. The number of nitrogens with zero attached hydrogens (tertiary/aromatic N) is 6. The summed E-state index contributed by atoms with van der Waals surface area (Å²) in [5, 5.41) is 17.6. The van der Waals surface area contributed by atoms with Crippen molar-refractivity contribution in [3.05, 3.63) is 31.0 Å². The van der Waals surface area contributed by atoms with E-state index in [9.17, 15) is 0 Å². The van der Waals surface area contributed by atoms with E-state index in [2.05, 4.69) is 56.8 Å². The van der Waals surface area contributed by atoms with Gasteiger partial charge in [-0.1, -0.05) is 19.6 Å². The van der Waals surface area contributed by atoms with Crippen LogP contribution in [0.15, 0.2) is 36.1 Å². The molecule has 0 spiro atoms. The van der Waals surface area contributed by atoms with Crippen LogP contribution in [0.5, 0.6) is 0 Å². The Morgan fingerprint density at radius 2 is 2.03 bits per heavy atom. The van der Waals surface area contributed by atoms with E-state index in [4.69, 9.17) is 9.94 Å². The molecule has 1 N–H and O–H groups in total. The fourth-order valence-corrected chi connectivity index (χ4v) is 4.91. The molecule has 0 unspecified atom stereocenters. The normalized spacial score (nSPS) is 20.1. The summed E-state index contributed by atoms with van der Waals surface area (Å²) >= 11 is 0. The fourth-order valence-electron chi connectivity index (χ4n) is 4.15. The van der Waals surface area contributed by atoms with Crippen LogP contribution in [0.25, 0.3) is 22.3 Å². The number of hydrogen-bond acceptors (Lipinski definition) is 6. The molecule has 0 radical (unpaired) electrons. The van der Waals surface area contributed by atoms with E-state index in [1.165, 1.54) is 0 Å². The Morgan fingerprint density at radius 3 is 2.77 bits per heavy atom. The first kappa shape index (κ1) is 21.7. The van der Waals surface area contributed by atoms with Crippen molar-refractivity contribution in [1.29, 1.82) is 0 Å². The molecule has 4 rings (SSSR count). The summed E-state index contributed by atoms with van der Waals surface area (Å²) in [5.74, 6) is 0.366. The molecule has 9 heteroatoms. The molecule has 1 aliphatic rings. The van der Waals surface area contributed by atoms with E-state index in [0.717, 1.165) is 60.6 Å². The van der Waals surface area contributed by atoms with E-state index in [0.29, 0.717) is 18.7 Å². The third-order valence-electron chi connectivity index (χ3n) is 6.05. The van der Waals surface area contributed by atoms with Gasteiger partial charge in [0.15, 0.2) is 0 Å². The number of rotatable bonds is 8. The zero-order chi connectivity index (χ0) is 21.8. The van der Waals surface area contributed by atoms with Gasteiger partial charge in [-0.05, 0) is 43.7 Å². The molecule has 0 atom stereocenters. The van der Waals surface area contributed by atoms with Crippen LogP contribution < -0.4 is 0 Å². The minimum Gasteiger partial charge on any atom is -0.411 e. The molecule has 3 aromatic rings. The standard InChI is InChI=1S/C22H32N6O2Si/c1-31(2,3)11-10-30-16-27-9-8-20-21(23-15-24-22(20)27)18-13-25-28(14-18)19-6-4-17(5-7-19)12-26-29/h8-9,12-15,17,19,29H,4-7,10-11,16H2,1-3H3/b26-12+. The van der Waals surface area contributed by atoms with Crippen LogP contribution in [0.4, 0.5) is 0 Å². The largest absolute Gasteiger partial charge is 0.411 e. The van der Waals surface area contributed by atoms with E-state index >= 15 is 0 Å². The minimum atomic E-state index is -1.09. The Bertz CT molecular complexity index is 1030. The highest BCUT2D eigenvalue weighted by atomic mass is 28.3. The van der Waals surface area contributed by atoms with Crippen molar-refractivity contribution < 1.29 is 9.94 Å². The summed E-state index contributed by atoms with van der Waals surface area (Å²) in [5.41, 5.74) is 2.79. The molecule has 166 valence electrons. The third-order valence-corrected chi connectivity index (χ3v) is 7.75. The van der Waals surface area contributed by atoms with Crippen molar-refractivity contribution >= 4 is 25.3 Å². The van der Waals surface area contributed by atoms with Crippen LogP contribution in [-0.2, 0) is 11.5 Å². The van der Waals surface area contributed by atoms with E-state index in [1.807, 2.05) is 17.0 Å². The van der Waals surface area contributed by atoms with Gasteiger partial charge in [0.2, 0.25) is 0 Å². The van der Waals surface area contributed by atoms with Gasteiger partial charge in [-0.25, -0.2) is 9.97 Å². The SMILES string of the molecule is C[Si](C)(C)CCOCn1ccc2c(-c3cnn(C4CCC(/C=N/O)CC4)c3)ncnc21. The summed E-state index contributed by atoms with van der Waals surface area (Å²) in [6.45, 7) is 8.36. The molecule has 0 aromatic carbocycles. The first-order chi connectivity index (χ1) is 14.9. The van der Waals surface area contributed by atoms with Gasteiger partial charge in [-0.15, -0.1) is 5.16 Å². The van der Waals surface area contributed by atoms with E-state index in [1.54, 1.807) is 12.5 Å². The lowest BCUT2D eigenvalue weighted by molar-refractivity contribution is 0.0899. The molecule has 31 heavy (non-hydrogen) atoms. The Balaban J connectivity index is 1.46. The molecule has 0 aliphatic heterocycles. The summed E-state index contributed by atoms with van der Waals surface area (Å²) in [4.78, 5) is 9.05. The molecular formula is C22H32N6O2Si. The van der Waals surface area contributed by atoms with Gasteiger partial charge in [0.1, 0.15) is 18.7 Å². The zero-order valence-corrected chi connectivity index (χ0v) is 19.6. The Labute approximate surface area is 184 Å². The number of ether oxygens (including phenoxy) is 1. The van der Waals surface area contributed by atoms with Crippen LogP contribution >= 0.6 is 0 Å². The second kappa shape index (κ2) is 9.31.